The van der Waals surface area contributed by atoms with Gasteiger partial charge in [-0.25, -0.2) is 0 Å². The van der Waals surface area contributed by atoms with Crippen molar-refractivity contribution in [1.82, 2.24) is 15.0 Å². The van der Waals surface area contributed by atoms with Crippen molar-refractivity contribution in [2.24, 2.45) is 0 Å². The highest BCUT2D eigenvalue weighted by molar-refractivity contribution is 7.79. The number of rotatable bonds is 4. The molecule has 0 unspecified atom stereocenters. The van der Waals surface area contributed by atoms with Gasteiger partial charge in [0.15, 0.2) is 5.82 Å². The number of aromatic nitrogens is 3. The molecular weight excluding hydrogens is 234 g/mol. The summed E-state index contributed by atoms with van der Waals surface area (Å²) in [5, 5.41) is 7.78. The van der Waals surface area contributed by atoms with Crippen LogP contribution in [0.2, 0.25) is 0 Å². The second kappa shape index (κ2) is 5.35. The summed E-state index contributed by atoms with van der Waals surface area (Å²) in [5.41, 5.74) is -0.102. The highest BCUT2D eigenvalue weighted by atomic mass is 32.1. The van der Waals surface area contributed by atoms with Crippen LogP contribution in [0.25, 0.3) is 0 Å². The van der Waals surface area contributed by atoms with Crippen molar-refractivity contribution in [1.29, 1.82) is 0 Å². The predicted octanol–water partition coefficient (Wildman–Crippen LogP) is 2.25. The third-order valence-corrected chi connectivity index (χ3v) is 1.87. The van der Waals surface area contributed by atoms with Crippen LogP contribution >= 0.6 is 12.2 Å². The van der Waals surface area contributed by atoms with E-state index in [1.54, 1.807) is 0 Å². The number of thiocarbonyl (C=S) groups is 1. The smallest absolute Gasteiger partial charge is 0.228 e. The molecule has 0 radical (unpaired) electrons. The maximum atomic E-state index is 4.86. The van der Waals surface area contributed by atoms with Gasteiger partial charge in [0.05, 0.1) is 0 Å². The Bertz CT molecular complexity index is 397. The van der Waals surface area contributed by atoms with E-state index in [1.807, 2.05) is 34.6 Å². The van der Waals surface area contributed by atoms with Gasteiger partial charge in [0, 0.05) is 16.9 Å². The van der Waals surface area contributed by atoms with Gasteiger partial charge in [0.25, 0.3) is 0 Å². The van der Waals surface area contributed by atoms with Crippen molar-refractivity contribution >= 4 is 29.5 Å². The van der Waals surface area contributed by atoms with Gasteiger partial charge in [-0.1, -0.05) is 12.2 Å². The lowest BCUT2D eigenvalue weighted by atomic mass is 10.1. The molecule has 1 heterocycles. The molecule has 1 aromatic rings. The predicted molar refractivity (Wildman–Crippen MR) is 74.7 cm³/mol. The molecule has 94 valence electrons. The number of nitrogens with zero attached hydrogens (tertiary/aromatic N) is 3. The number of hydrogen-bond donors (Lipinski definition) is 2. The normalized spacial score (nSPS) is 11.4. The van der Waals surface area contributed by atoms with Crippen LogP contribution in [-0.2, 0) is 0 Å². The minimum Gasteiger partial charge on any atom is -0.352 e. The van der Waals surface area contributed by atoms with Gasteiger partial charge in [0.1, 0.15) is 0 Å². The van der Waals surface area contributed by atoms with Crippen molar-refractivity contribution in [3.05, 3.63) is 5.82 Å². The minimum atomic E-state index is -0.102. The van der Waals surface area contributed by atoms with E-state index in [0.29, 0.717) is 17.7 Å². The Labute approximate surface area is 107 Å². The fourth-order valence-corrected chi connectivity index (χ4v) is 1.26. The van der Waals surface area contributed by atoms with Crippen LogP contribution in [-0.4, -0.2) is 31.9 Å². The topological polar surface area (TPSA) is 62.7 Å². The monoisotopic (exact) mass is 253 g/mol. The van der Waals surface area contributed by atoms with E-state index in [9.17, 15) is 0 Å². The van der Waals surface area contributed by atoms with Crippen LogP contribution in [0, 0.1) is 0 Å². The second-order valence-corrected chi connectivity index (χ2v) is 5.37. The second-order valence-electron chi connectivity index (χ2n) is 5.13. The molecule has 0 bridgehead atoms. The largest absolute Gasteiger partial charge is 0.352 e. The first-order chi connectivity index (χ1) is 7.80. The highest BCUT2D eigenvalue weighted by Crippen LogP contribution is 2.12. The van der Waals surface area contributed by atoms with Crippen LogP contribution in [0.3, 0.4) is 0 Å². The van der Waals surface area contributed by atoms with Crippen molar-refractivity contribution in [2.75, 3.05) is 10.6 Å². The molecule has 17 heavy (non-hydrogen) atoms. The van der Waals surface area contributed by atoms with Crippen molar-refractivity contribution < 1.29 is 0 Å². The maximum Gasteiger partial charge on any atom is 0.228 e. The van der Waals surface area contributed by atoms with Gasteiger partial charge < -0.3 is 10.6 Å². The Morgan fingerprint density at radius 3 is 2.18 bits per heavy atom. The standard InChI is InChI=1S/C11H19N5S/c1-7(2)12-9-13-8(6-17)14-10(15-9)16-11(3,4)5/h6-7H,1-5H3,(H2,12,13,14,15,16). The molecule has 0 atom stereocenters. The summed E-state index contributed by atoms with van der Waals surface area (Å²) in [5.74, 6) is 1.56. The van der Waals surface area contributed by atoms with Crippen molar-refractivity contribution in [3.8, 4) is 0 Å². The Morgan fingerprint density at radius 1 is 1.12 bits per heavy atom. The van der Waals surface area contributed by atoms with E-state index < -0.39 is 0 Å². The summed E-state index contributed by atoms with van der Waals surface area (Å²) in [6, 6.07) is 0.262. The summed E-state index contributed by atoms with van der Waals surface area (Å²) >= 11 is 4.86. The van der Waals surface area contributed by atoms with Crippen molar-refractivity contribution in [3.63, 3.8) is 0 Å². The van der Waals surface area contributed by atoms with Gasteiger partial charge in [-0.3, -0.25) is 0 Å². The first-order valence-electron chi connectivity index (χ1n) is 5.56. The third kappa shape index (κ3) is 5.04. The molecule has 0 saturated heterocycles. The van der Waals surface area contributed by atoms with Crippen LogP contribution in [0.4, 0.5) is 11.9 Å². The molecule has 0 amide bonds. The van der Waals surface area contributed by atoms with E-state index in [-0.39, 0.29) is 11.6 Å². The summed E-state index contributed by atoms with van der Waals surface area (Å²) in [4.78, 5) is 12.7. The minimum absolute atomic E-state index is 0.102. The maximum absolute atomic E-state index is 4.86. The van der Waals surface area contributed by atoms with Crippen LogP contribution in [0.5, 0.6) is 0 Å². The third-order valence-electron chi connectivity index (χ3n) is 1.66. The Hall–Kier alpha value is -1.30. The lowest BCUT2D eigenvalue weighted by Gasteiger charge is -2.21. The molecule has 0 aliphatic rings. The van der Waals surface area contributed by atoms with Crippen molar-refractivity contribution in [2.45, 2.75) is 46.2 Å². The first kappa shape index (κ1) is 13.8. The lowest BCUT2D eigenvalue weighted by Crippen LogP contribution is -2.28. The quantitative estimate of drug-likeness (QED) is 0.803. The lowest BCUT2D eigenvalue weighted by molar-refractivity contribution is 0.625. The highest BCUT2D eigenvalue weighted by Gasteiger charge is 2.13. The van der Waals surface area contributed by atoms with Crippen LogP contribution in [0.1, 0.15) is 40.4 Å². The van der Waals surface area contributed by atoms with E-state index >= 15 is 0 Å². The fraction of sp³-hybridized carbons (Fsp3) is 0.636. The first-order valence-corrected chi connectivity index (χ1v) is 6.03. The Balaban J connectivity index is 3.01. The van der Waals surface area contributed by atoms with E-state index in [4.69, 9.17) is 12.2 Å². The Morgan fingerprint density at radius 2 is 1.71 bits per heavy atom. The zero-order valence-corrected chi connectivity index (χ0v) is 11.7. The zero-order chi connectivity index (χ0) is 13.1. The molecule has 6 heteroatoms. The van der Waals surface area contributed by atoms with Gasteiger partial charge in [-0.2, -0.15) is 15.0 Å². The number of anilines is 2. The fourth-order valence-electron chi connectivity index (χ4n) is 1.16. The zero-order valence-electron chi connectivity index (χ0n) is 10.9. The van der Waals surface area contributed by atoms with E-state index in [0.717, 1.165) is 0 Å². The van der Waals surface area contributed by atoms with Gasteiger partial charge in [0.2, 0.25) is 11.9 Å². The average molecular weight is 253 g/mol. The van der Waals surface area contributed by atoms with E-state index in [1.165, 1.54) is 5.37 Å². The van der Waals surface area contributed by atoms with Crippen LogP contribution < -0.4 is 10.6 Å². The molecule has 5 nitrogen and oxygen atoms in total. The number of nitrogens with one attached hydrogen (secondary N) is 2. The molecule has 1 rings (SSSR count). The van der Waals surface area contributed by atoms with Gasteiger partial charge in [-0.05, 0) is 34.6 Å². The molecule has 0 aliphatic carbocycles. The molecule has 0 aliphatic heterocycles. The SMILES string of the molecule is CC(C)Nc1nc(C=S)nc(NC(C)(C)C)n1. The molecule has 0 aromatic carbocycles. The molecule has 0 saturated carbocycles. The summed E-state index contributed by atoms with van der Waals surface area (Å²) < 4.78 is 0. The number of hydrogen-bond acceptors (Lipinski definition) is 6. The Kier molecular flexibility index (Phi) is 4.34. The van der Waals surface area contributed by atoms with Gasteiger partial charge in [-0.15, -0.1) is 0 Å². The molecule has 0 spiro atoms. The summed E-state index contributed by atoms with van der Waals surface area (Å²) in [6.45, 7) is 10.2. The molecule has 2 N–H and O–H groups in total. The van der Waals surface area contributed by atoms with Gasteiger partial charge >= 0.3 is 0 Å². The summed E-state index contributed by atoms with van der Waals surface area (Å²) in [7, 11) is 0. The molecule has 0 fully saturated rings. The van der Waals surface area contributed by atoms with Crippen LogP contribution in [0.15, 0.2) is 0 Å². The molecule has 1 aromatic heterocycles. The van der Waals surface area contributed by atoms with E-state index in [2.05, 4.69) is 25.6 Å². The average Bonchev–Trinajstić information content (AvgIpc) is 2.13. The molecular formula is C11H19N5S. The summed E-state index contributed by atoms with van der Waals surface area (Å²) in [6.07, 6.45) is 0.